The van der Waals surface area contributed by atoms with Gasteiger partial charge in [0.1, 0.15) is 0 Å². The van der Waals surface area contributed by atoms with Gasteiger partial charge in [0.05, 0.1) is 0 Å². The van der Waals surface area contributed by atoms with E-state index in [0.29, 0.717) is 0 Å². The summed E-state index contributed by atoms with van der Waals surface area (Å²) in [4.78, 5) is 3.33. The number of halogens is 3. The number of thioether (sulfide) groups is 1. The largest absolute Gasteiger partial charge is 0.449 e. The maximum absolute atomic E-state index is 11.5. The van der Waals surface area contributed by atoms with Crippen LogP contribution in [0.25, 0.3) is 0 Å². The van der Waals surface area contributed by atoms with Crippen LogP contribution in [-0.2, 0) is 0 Å². The summed E-state index contributed by atoms with van der Waals surface area (Å²) in [6.07, 6.45) is 2.43. The smallest absolute Gasteiger partial charge is 0.229 e. The van der Waals surface area contributed by atoms with Crippen LogP contribution in [-0.4, -0.2) is 10.7 Å². The van der Waals surface area contributed by atoms with Crippen molar-refractivity contribution in [3.63, 3.8) is 0 Å². The first-order chi connectivity index (χ1) is 4.58. The zero-order chi connectivity index (χ0) is 7.61. The normalized spacial score (nSPS) is 16.9. The van der Waals surface area contributed by atoms with E-state index in [0.717, 1.165) is 0 Å². The molecule has 0 aromatic heterocycles. The summed E-state index contributed by atoms with van der Waals surface area (Å²) in [6.45, 7) is 0. The van der Waals surface area contributed by atoms with Gasteiger partial charge in [0.2, 0.25) is 0 Å². The fourth-order valence-electron chi connectivity index (χ4n) is 0.384. The average Bonchev–Trinajstić information content (AvgIpc) is 2.12. The van der Waals surface area contributed by atoms with Gasteiger partial charge in [0.25, 0.3) is 0 Å². The third kappa shape index (κ3) is 2.30. The molecule has 0 N–H and O–H groups in total. The first-order valence-electron chi connectivity index (χ1n) is 2.27. The molecule has 0 amide bonds. The Morgan fingerprint density at radius 1 is 1.30 bits per heavy atom. The lowest BCUT2D eigenvalue weighted by Crippen LogP contribution is -2.10. The number of rotatable bonds is 0. The van der Waals surface area contributed by atoms with E-state index in [1.165, 1.54) is 12.4 Å². The van der Waals surface area contributed by atoms with E-state index in [-0.39, 0.29) is 16.9 Å². The molecule has 0 fully saturated rings. The molecule has 0 atom stereocenters. The Kier molecular flexibility index (Phi) is 1.89. The lowest BCUT2D eigenvalue weighted by atomic mass is 11.0. The molecule has 0 bridgehead atoms. The molecule has 6 heteroatoms. The molecular formula is C4H2F3N2S. The summed E-state index contributed by atoms with van der Waals surface area (Å²) in [5.74, 6) is 0. The standard InChI is InChI=1S/C4H2F3N2S/c5-4(6,7)10-3-8-1-2-9-3/h1-2H. The van der Waals surface area contributed by atoms with Crippen molar-refractivity contribution in [2.24, 2.45) is 4.99 Å². The average molecular weight is 167 g/mol. The van der Waals surface area contributed by atoms with Crippen LogP contribution >= 0.6 is 11.8 Å². The molecule has 10 heavy (non-hydrogen) atoms. The molecule has 1 rings (SSSR count). The molecule has 0 aliphatic carbocycles. The van der Waals surface area contributed by atoms with Crippen molar-refractivity contribution in [1.82, 2.24) is 5.32 Å². The predicted octanol–water partition coefficient (Wildman–Crippen LogP) is 1.68. The lowest BCUT2D eigenvalue weighted by molar-refractivity contribution is -0.0316. The Hall–Kier alpha value is -0.650. The summed E-state index contributed by atoms with van der Waals surface area (Å²) < 4.78 is 34.5. The molecule has 1 aliphatic heterocycles. The maximum atomic E-state index is 11.5. The highest BCUT2D eigenvalue weighted by Crippen LogP contribution is 2.31. The topological polar surface area (TPSA) is 26.5 Å². The number of amidine groups is 1. The van der Waals surface area contributed by atoms with Crippen LogP contribution in [0.4, 0.5) is 13.2 Å². The van der Waals surface area contributed by atoms with Gasteiger partial charge in [-0.25, -0.2) is 10.3 Å². The van der Waals surface area contributed by atoms with Crippen molar-refractivity contribution in [1.29, 1.82) is 0 Å². The summed E-state index contributed by atoms with van der Waals surface area (Å²) in [5, 5.41) is 3.08. The second-order valence-corrected chi connectivity index (χ2v) is 2.42. The predicted molar refractivity (Wildman–Crippen MR) is 32.4 cm³/mol. The van der Waals surface area contributed by atoms with Gasteiger partial charge in [-0.1, -0.05) is 0 Å². The fourth-order valence-corrected chi connectivity index (χ4v) is 0.818. The molecular weight excluding hydrogens is 165 g/mol. The molecule has 55 valence electrons. The van der Waals surface area contributed by atoms with Crippen LogP contribution in [0, 0.1) is 0 Å². The highest BCUT2D eigenvalue weighted by molar-refractivity contribution is 8.14. The highest BCUT2D eigenvalue weighted by Gasteiger charge is 2.32. The Bertz CT molecular complexity index is 183. The quantitative estimate of drug-likeness (QED) is 0.539. The van der Waals surface area contributed by atoms with Crippen LogP contribution in [0.5, 0.6) is 0 Å². The molecule has 0 spiro atoms. The Morgan fingerprint density at radius 3 is 2.40 bits per heavy atom. The molecule has 1 heterocycles. The van der Waals surface area contributed by atoms with E-state index >= 15 is 0 Å². The molecule has 2 nitrogen and oxygen atoms in total. The fraction of sp³-hybridized carbons (Fsp3) is 0.250. The highest BCUT2D eigenvalue weighted by atomic mass is 32.2. The van der Waals surface area contributed by atoms with Crippen LogP contribution in [0.15, 0.2) is 17.4 Å². The molecule has 0 unspecified atom stereocenters. The zero-order valence-electron chi connectivity index (χ0n) is 4.59. The summed E-state index contributed by atoms with van der Waals surface area (Å²) in [7, 11) is 0. The molecule has 1 radical (unpaired) electrons. The van der Waals surface area contributed by atoms with E-state index in [1.807, 2.05) is 0 Å². The van der Waals surface area contributed by atoms with Gasteiger partial charge in [-0.3, -0.25) is 0 Å². The van der Waals surface area contributed by atoms with Crippen molar-refractivity contribution < 1.29 is 13.2 Å². The molecule has 0 aromatic rings. The Labute approximate surface area is 59.2 Å². The first-order valence-corrected chi connectivity index (χ1v) is 3.09. The van der Waals surface area contributed by atoms with E-state index in [4.69, 9.17) is 0 Å². The minimum atomic E-state index is -4.28. The minimum Gasteiger partial charge on any atom is -0.229 e. The summed E-state index contributed by atoms with van der Waals surface area (Å²) in [6, 6.07) is 0. The summed E-state index contributed by atoms with van der Waals surface area (Å²) in [5.41, 5.74) is -4.28. The number of alkyl halides is 3. The van der Waals surface area contributed by atoms with Gasteiger partial charge in [-0.05, 0) is 0 Å². The molecule has 0 saturated heterocycles. The third-order valence-corrected chi connectivity index (χ3v) is 1.27. The minimum absolute atomic E-state index is 0.257. The van der Waals surface area contributed by atoms with E-state index < -0.39 is 5.51 Å². The van der Waals surface area contributed by atoms with Crippen molar-refractivity contribution in [2.75, 3.05) is 0 Å². The van der Waals surface area contributed by atoms with Crippen molar-refractivity contribution >= 4 is 16.9 Å². The molecule has 0 saturated carbocycles. The van der Waals surface area contributed by atoms with E-state index in [9.17, 15) is 13.2 Å². The number of hydrogen-bond donors (Lipinski definition) is 0. The van der Waals surface area contributed by atoms with Gasteiger partial charge in [0.15, 0.2) is 5.17 Å². The van der Waals surface area contributed by atoms with Crippen molar-refractivity contribution in [3.05, 3.63) is 12.4 Å². The van der Waals surface area contributed by atoms with Gasteiger partial charge >= 0.3 is 5.51 Å². The van der Waals surface area contributed by atoms with Gasteiger partial charge in [-0.15, -0.1) is 0 Å². The number of hydrogen-bond acceptors (Lipinski definition) is 2. The van der Waals surface area contributed by atoms with Gasteiger partial charge in [0, 0.05) is 24.2 Å². The molecule has 1 aliphatic rings. The van der Waals surface area contributed by atoms with Gasteiger partial charge < -0.3 is 0 Å². The van der Waals surface area contributed by atoms with Gasteiger partial charge in [-0.2, -0.15) is 13.2 Å². The first kappa shape index (κ1) is 7.46. The molecule has 0 aromatic carbocycles. The third-order valence-electron chi connectivity index (χ3n) is 0.644. The lowest BCUT2D eigenvalue weighted by Gasteiger charge is -2.02. The van der Waals surface area contributed by atoms with Crippen molar-refractivity contribution in [3.8, 4) is 0 Å². The summed E-state index contributed by atoms with van der Waals surface area (Å²) >= 11 is -0.315. The SMILES string of the molecule is FC(F)(F)SC1=NC=C[N]1. The number of aliphatic imine (C=N–C) groups is 1. The second kappa shape index (κ2) is 2.53. The Balaban J connectivity index is 2.41. The van der Waals surface area contributed by atoms with E-state index in [2.05, 4.69) is 10.3 Å². The Morgan fingerprint density at radius 2 is 2.00 bits per heavy atom. The van der Waals surface area contributed by atoms with Crippen molar-refractivity contribution in [2.45, 2.75) is 5.51 Å². The van der Waals surface area contributed by atoms with Crippen LogP contribution in [0.3, 0.4) is 0 Å². The maximum Gasteiger partial charge on any atom is 0.449 e. The van der Waals surface area contributed by atoms with Crippen LogP contribution in [0.2, 0.25) is 0 Å². The second-order valence-electron chi connectivity index (χ2n) is 1.39. The number of nitrogens with zero attached hydrogens (tertiary/aromatic N) is 2. The zero-order valence-corrected chi connectivity index (χ0v) is 5.41. The van der Waals surface area contributed by atoms with Crippen LogP contribution < -0.4 is 5.32 Å². The van der Waals surface area contributed by atoms with Crippen LogP contribution in [0.1, 0.15) is 0 Å². The van der Waals surface area contributed by atoms with E-state index in [1.54, 1.807) is 0 Å². The monoisotopic (exact) mass is 167 g/mol.